The Labute approximate surface area is 126 Å². The molecule has 2 aromatic heterocycles. The van der Waals surface area contributed by atoms with Gasteiger partial charge in [0, 0.05) is 5.56 Å². The predicted molar refractivity (Wildman–Crippen MR) is 85.0 cm³/mol. The standard InChI is InChI=1S/C18H13N3O/c22-18-17-13-7-12-16(14-8-3-1-4-9-14)21(17)19-20(18)15-10-5-2-6-11-15/h1-13H/p+1. The summed E-state index contributed by atoms with van der Waals surface area (Å²) < 4.78 is 3.38. The minimum absolute atomic E-state index is 0.0658. The minimum Gasteiger partial charge on any atom is -0.234 e. The Kier molecular flexibility index (Phi) is 2.86. The molecule has 0 unspecified atom stereocenters. The summed E-state index contributed by atoms with van der Waals surface area (Å²) in [6.45, 7) is 0. The van der Waals surface area contributed by atoms with Gasteiger partial charge in [0.2, 0.25) is 5.52 Å². The smallest absolute Gasteiger partial charge is 0.234 e. The maximum atomic E-state index is 12.6. The van der Waals surface area contributed by atoms with Gasteiger partial charge in [-0.2, -0.15) is 0 Å². The van der Waals surface area contributed by atoms with Crippen LogP contribution < -0.4 is 10.1 Å². The van der Waals surface area contributed by atoms with Gasteiger partial charge in [-0.25, -0.2) is 4.79 Å². The van der Waals surface area contributed by atoms with Crippen LogP contribution in [0.15, 0.2) is 83.7 Å². The summed E-state index contributed by atoms with van der Waals surface area (Å²) >= 11 is 0. The highest BCUT2D eigenvalue weighted by Crippen LogP contribution is 2.14. The van der Waals surface area contributed by atoms with Crippen molar-refractivity contribution < 1.29 is 4.52 Å². The van der Waals surface area contributed by atoms with E-state index in [1.807, 2.05) is 83.4 Å². The first-order chi connectivity index (χ1) is 10.8. The zero-order chi connectivity index (χ0) is 14.9. The summed E-state index contributed by atoms with van der Waals surface area (Å²) in [5, 5.41) is 3.17. The lowest BCUT2D eigenvalue weighted by atomic mass is 10.1. The van der Waals surface area contributed by atoms with Gasteiger partial charge in [0.05, 0.1) is 0 Å². The molecule has 4 heteroatoms. The van der Waals surface area contributed by atoms with Gasteiger partial charge in [-0.15, -0.1) is 4.52 Å². The van der Waals surface area contributed by atoms with E-state index in [1.54, 1.807) is 4.68 Å². The third-order valence-corrected chi connectivity index (χ3v) is 3.70. The van der Waals surface area contributed by atoms with Gasteiger partial charge in [0.1, 0.15) is 0 Å². The molecule has 0 aliphatic rings. The van der Waals surface area contributed by atoms with Crippen LogP contribution >= 0.6 is 0 Å². The molecule has 0 aliphatic carbocycles. The van der Waals surface area contributed by atoms with Gasteiger partial charge < -0.3 is 0 Å². The van der Waals surface area contributed by atoms with Crippen LogP contribution in [0.2, 0.25) is 0 Å². The normalized spacial score (nSPS) is 10.9. The van der Waals surface area contributed by atoms with E-state index in [-0.39, 0.29) is 5.56 Å². The maximum absolute atomic E-state index is 12.6. The Balaban J connectivity index is 2.01. The summed E-state index contributed by atoms with van der Waals surface area (Å²) in [4.78, 5) is 12.6. The van der Waals surface area contributed by atoms with Crippen LogP contribution in [0.5, 0.6) is 0 Å². The van der Waals surface area contributed by atoms with Crippen molar-refractivity contribution in [1.82, 2.24) is 9.90 Å². The Bertz CT molecular complexity index is 985. The van der Waals surface area contributed by atoms with Crippen molar-refractivity contribution in [2.45, 2.75) is 0 Å². The molecular formula is C18H14N3O+. The molecule has 0 bridgehead atoms. The lowest BCUT2D eigenvalue weighted by Crippen LogP contribution is -2.27. The summed E-state index contributed by atoms with van der Waals surface area (Å²) in [7, 11) is 0. The van der Waals surface area contributed by atoms with Crippen LogP contribution in [0.1, 0.15) is 0 Å². The predicted octanol–water partition coefficient (Wildman–Crippen LogP) is 2.57. The van der Waals surface area contributed by atoms with Gasteiger partial charge in [0.25, 0.3) is 0 Å². The molecule has 106 valence electrons. The number of benzene rings is 2. The van der Waals surface area contributed by atoms with Gasteiger partial charge >= 0.3 is 5.56 Å². The molecule has 4 nitrogen and oxygen atoms in total. The van der Waals surface area contributed by atoms with E-state index in [9.17, 15) is 4.79 Å². The van der Waals surface area contributed by atoms with Crippen molar-refractivity contribution in [2.24, 2.45) is 0 Å². The number of para-hydroxylation sites is 1. The average molecular weight is 288 g/mol. The van der Waals surface area contributed by atoms with E-state index < -0.39 is 0 Å². The largest absolute Gasteiger partial charge is 0.406 e. The molecule has 0 spiro atoms. The van der Waals surface area contributed by atoms with E-state index in [2.05, 4.69) is 5.21 Å². The fraction of sp³-hybridized carbons (Fsp3) is 0. The zero-order valence-corrected chi connectivity index (χ0v) is 11.8. The van der Waals surface area contributed by atoms with E-state index >= 15 is 0 Å². The number of pyridine rings is 1. The molecule has 2 aromatic carbocycles. The fourth-order valence-corrected chi connectivity index (χ4v) is 2.63. The average Bonchev–Trinajstić information content (AvgIpc) is 2.94. The van der Waals surface area contributed by atoms with Crippen molar-refractivity contribution >= 4 is 5.52 Å². The number of nitrogens with zero attached hydrogens (tertiary/aromatic N) is 2. The van der Waals surface area contributed by atoms with Crippen LogP contribution in [0.3, 0.4) is 0 Å². The van der Waals surface area contributed by atoms with Gasteiger partial charge in [-0.3, -0.25) is 0 Å². The first-order valence-corrected chi connectivity index (χ1v) is 7.11. The number of fused-ring (bicyclic) bond motifs is 1. The molecule has 0 fully saturated rings. The molecule has 0 amide bonds. The third kappa shape index (κ3) is 1.93. The van der Waals surface area contributed by atoms with Crippen molar-refractivity contribution in [1.29, 1.82) is 0 Å². The molecule has 0 atom stereocenters. The molecule has 22 heavy (non-hydrogen) atoms. The highest BCUT2D eigenvalue weighted by atomic mass is 16.1. The number of aromatic nitrogens is 3. The van der Waals surface area contributed by atoms with E-state index in [1.165, 1.54) is 0 Å². The molecule has 0 saturated heterocycles. The van der Waals surface area contributed by atoms with Crippen LogP contribution in [0.25, 0.3) is 22.5 Å². The molecule has 1 N–H and O–H groups in total. The monoisotopic (exact) mass is 288 g/mol. The maximum Gasteiger partial charge on any atom is 0.406 e. The number of hydrogen-bond donors (Lipinski definition) is 1. The molecule has 2 heterocycles. The molecule has 0 saturated carbocycles. The summed E-state index contributed by atoms with van der Waals surface area (Å²) in [5.74, 6) is 0. The van der Waals surface area contributed by atoms with E-state index in [0.717, 1.165) is 16.9 Å². The van der Waals surface area contributed by atoms with Crippen molar-refractivity contribution in [3.63, 3.8) is 0 Å². The van der Waals surface area contributed by atoms with E-state index in [0.29, 0.717) is 5.52 Å². The molecule has 4 aromatic rings. The van der Waals surface area contributed by atoms with Crippen LogP contribution in [-0.2, 0) is 0 Å². The molecule has 4 rings (SSSR count). The SMILES string of the molecule is O=c1c2cccc(-c3ccccc3)[n+]2[nH]n1-c1ccccc1. The lowest BCUT2D eigenvalue weighted by molar-refractivity contribution is -0.572. The second-order valence-electron chi connectivity index (χ2n) is 5.07. The third-order valence-electron chi connectivity index (χ3n) is 3.70. The Hall–Kier alpha value is -3.14. The zero-order valence-electron chi connectivity index (χ0n) is 11.8. The molecule has 0 radical (unpaired) electrons. The second kappa shape index (κ2) is 5.00. The Morgan fingerprint density at radius 2 is 1.45 bits per heavy atom. The summed E-state index contributed by atoms with van der Waals surface area (Å²) in [6.07, 6.45) is 0. The fourth-order valence-electron chi connectivity index (χ4n) is 2.63. The highest BCUT2D eigenvalue weighted by Gasteiger charge is 2.19. The van der Waals surface area contributed by atoms with Gasteiger partial charge in [-0.05, 0) is 24.3 Å². The number of hydrogen-bond acceptors (Lipinski definition) is 1. The molecular weight excluding hydrogens is 274 g/mol. The van der Waals surface area contributed by atoms with Gasteiger partial charge in [-0.1, -0.05) is 64.5 Å². The first kappa shape index (κ1) is 12.6. The van der Waals surface area contributed by atoms with Crippen molar-refractivity contribution in [3.8, 4) is 16.9 Å². The minimum atomic E-state index is -0.0658. The Morgan fingerprint density at radius 3 is 2.18 bits per heavy atom. The number of H-pyrrole nitrogens is 1. The first-order valence-electron chi connectivity index (χ1n) is 7.11. The Morgan fingerprint density at radius 1 is 0.773 bits per heavy atom. The highest BCUT2D eigenvalue weighted by molar-refractivity contribution is 5.57. The van der Waals surface area contributed by atoms with Crippen LogP contribution in [0, 0.1) is 0 Å². The van der Waals surface area contributed by atoms with Crippen LogP contribution in [0.4, 0.5) is 0 Å². The van der Waals surface area contributed by atoms with Crippen LogP contribution in [-0.4, -0.2) is 9.90 Å². The van der Waals surface area contributed by atoms with Crippen molar-refractivity contribution in [3.05, 3.63) is 89.2 Å². The summed E-state index contributed by atoms with van der Waals surface area (Å²) in [5.41, 5.74) is 3.37. The van der Waals surface area contributed by atoms with E-state index in [4.69, 9.17) is 0 Å². The second-order valence-corrected chi connectivity index (χ2v) is 5.07. The lowest BCUT2D eigenvalue weighted by Gasteiger charge is -1.98. The quantitative estimate of drug-likeness (QED) is 0.566. The number of nitrogens with one attached hydrogen (secondary N) is 1. The number of aromatic amines is 1. The number of rotatable bonds is 2. The topological polar surface area (TPSA) is 41.9 Å². The van der Waals surface area contributed by atoms with Gasteiger partial charge in [0.15, 0.2) is 11.4 Å². The summed E-state index contributed by atoms with van der Waals surface area (Å²) in [6, 6.07) is 25.3. The van der Waals surface area contributed by atoms with Crippen molar-refractivity contribution in [2.75, 3.05) is 0 Å². The molecule has 0 aliphatic heterocycles.